The van der Waals surface area contributed by atoms with Crippen molar-refractivity contribution in [1.82, 2.24) is 24.6 Å². The Kier molecular flexibility index (Phi) is 6.27. The van der Waals surface area contributed by atoms with Crippen LogP contribution in [0.25, 0.3) is 0 Å². The fourth-order valence-corrected chi connectivity index (χ4v) is 4.07. The number of piperazine rings is 1. The zero-order chi connectivity index (χ0) is 22.7. The fourth-order valence-electron chi connectivity index (χ4n) is 4.07. The largest absolute Gasteiger partial charge is 0.336 e. The van der Waals surface area contributed by atoms with Gasteiger partial charge in [0.05, 0.1) is 11.5 Å². The maximum atomic E-state index is 12.9. The third kappa shape index (κ3) is 4.67. The first-order valence-corrected chi connectivity index (χ1v) is 10.6. The lowest BCUT2D eigenvalue weighted by Gasteiger charge is -2.34. The van der Waals surface area contributed by atoms with Crippen LogP contribution in [-0.2, 0) is 13.1 Å². The first-order chi connectivity index (χ1) is 15.4. The molecule has 2 aromatic heterocycles. The summed E-state index contributed by atoms with van der Waals surface area (Å²) in [5.41, 5.74) is 3.79. The van der Waals surface area contributed by atoms with Crippen LogP contribution in [0.2, 0.25) is 0 Å². The predicted octanol–water partition coefficient (Wildman–Crippen LogP) is 2.81. The SMILES string of the molecule is Cc1nn(Cc2ccc(C(=O)N3CCN(Cc4ccncc4)CC3)cc2)c(C)c1[N+](=O)[O-]. The Morgan fingerprint density at radius 1 is 0.969 bits per heavy atom. The maximum absolute atomic E-state index is 12.9. The van der Waals surface area contributed by atoms with E-state index in [9.17, 15) is 14.9 Å². The third-order valence-corrected chi connectivity index (χ3v) is 5.87. The number of amides is 1. The quantitative estimate of drug-likeness (QED) is 0.437. The molecule has 32 heavy (non-hydrogen) atoms. The molecule has 4 rings (SSSR count). The van der Waals surface area contributed by atoms with Crippen LogP contribution < -0.4 is 0 Å². The second-order valence-corrected chi connectivity index (χ2v) is 8.05. The van der Waals surface area contributed by atoms with E-state index in [0.717, 1.165) is 25.2 Å². The molecule has 1 fully saturated rings. The number of pyridine rings is 1. The zero-order valence-corrected chi connectivity index (χ0v) is 18.3. The summed E-state index contributed by atoms with van der Waals surface area (Å²) in [4.78, 5) is 32.0. The summed E-state index contributed by atoms with van der Waals surface area (Å²) in [7, 11) is 0. The molecular formula is C23H26N6O3. The number of rotatable bonds is 6. The number of hydrogen-bond acceptors (Lipinski definition) is 6. The summed E-state index contributed by atoms with van der Waals surface area (Å²) in [5, 5.41) is 15.5. The van der Waals surface area contributed by atoms with E-state index in [1.165, 1.54) is 5.56 Å². The van der Waals surface area contributed by atoms with Crippen LogP contribution in [0.4, 0.5) is 5.69 Å². The fraction of sp³-hybridized carbons (Fsp3) is 0.348. The van der Waals surface area contributed by atoms with E-state index in [1.54, 1.807) is 30.9 Å². The molecule has 0 radical (unpaired) electrons. The van der Waals surface area contributed by atoms with E-state index in [1.807, 2.05) is 41.3 Å². The summed E-state index contributed by atoms with van der Waals surface area (Å²) >= 11 is 0. The van der Waals surface area contributed by atoms with Crippen molar-refractivity contribution in [1.29, 1.82) is 0 Å². The van der Waals surface area contributed by atoms with Crippen LogP contribution in [0.1, 0.15) is 32.9 Å². The molecule has 1 aromatic carbocycles. The summed E-state index contributed by atoms with van der Waals surface area (Å²) in [6.07, 6.45) is 3.60. The molecule has 3 aromatic rings. The topological polar surface area (TPSA) is 97.4 Å². The van der Waals surface area contributed by atoms with Gasteiger partial charge in [0.15, 0.2) is 0 Å². The molecule has 1 aliphatic heterocycles. The summed E-state index contributed by atoms with van der Waals surface area (Å²) in [6, 6.07) is 11.4. The average molecular weight is 435 g/mol. The van der Waals surface area contributed by atoms with E-state index >= 15 is 0 Å². The molecular weight excluding hydrogens is 408 g/mol. The van der Waals surface area contributed by atoms with Crippen molar-refractivity contribution < 1.29 is 9.72 Å². The van der Waals surface area contributed by atoms with Crippen molar-refractivity contribution in [2.75, 3.05) is 26.2 Å². The first-order valence-electron chi connectivity index (χ1n) is 10.6. The van der Waals surface area contributed by atoms with E-state index < -0.39 is 4.92 Å². The molecule has 0 unspecified atom stereocenters. The minimum Gasteiger partial charge on any atom is -0.336 e. The van der Waals surface area contributed by atoms with Gasteiger partial charge in [0.1, 0.15) is 11.4 Å². The highest BCUT2D eigenvalue weighted by Gasteiger charge is 2.23. The highest BCUT2D eigenvalue weighted by molar-refractivity contribution is 5.94. The molecule has 9 nitrogen and oxygen atoms in total. The zero-order valence-electron chi connectivity index (χ0n) is 18.3. The minimum atomic E-state index is -0.396. The van der Waals surface area contributed by atoms with Gasteiger partial charge in [-0.05, 0) is 49.2 Å². The van der Waals surface area contributed by atoms with Crippen molar-refractivity contribution in [2.24, 2.45) is 0 Å². The van der Waals surface area contributed by atoms with Gasteiger partial charge in [-0.2, -0.15) is 5.10 Å². The van der Waals surface area contributed by atoms with E-state index in [-0.39, 0.29) is 11.6 Å². The lowest BCUT2D eigenvalue weighted by molar-refractivity contribution is -0.386. The molecule has 0 spiro atoms. The summed E-state index contributed by atoms with van der Waals surface area (Å²) < 4.78 is 1.63. The van der Waals surface area contributed by atoms with Crippen LogP contribution in [0.15, 0.2) is 48.8 Å². The van der Waals surface area contributed by atoms with Gasteiger partial charge in [-0.15, -0.1) is 0 Å². The molecule has 1 aliphatic rings. The van der Waals surface area contributed by atoms with E-state index in [0.29, 0.717) is 36.6 Å². The van der Waals surface area contributed by atoms with Crippen molar-refractivity contribution in [2.45, 2.75) is 26.9 Å². The molecule has 166 valence electrons. The lowest BCUT2D eigenvalue weighted by Crippen LogP contribution is -2.48. The minimum absolute atomic E-state index is 0.0295. The number of aromatic nitrogens is 3. The molecule has 0 saturated carbocycles. The van der Waals surface area contributed by atoms with Gasteiger partial charge in [-0.3, -0.25) is 29.5 Å². The van der Waals surface area contributed by atoms with Gasteiger partial charge in [0, 0.05) is 50.7 Å². The van der Waals surface area contributed by atoms with Gasteiger partial charge in [0.2, 0.25) is 0 Å². The first kappa shape index (κ1) is 21.6. The Hall–Kier alpha value is -3.59. The number of benzene rings is 1. The Morgan fingerprint density at radius 3 is 2.19 bits per heavy atom. The van der Waals surface area contributed by atoms with E-state index in [2.05, 4.69) is 15.0 Å². The average Bonchev–Trinajstić information content (AvgIpc) is 3.08. The van der Waals surface area contributed by atoms with Crippen molar-refractivity contribution in [3.8, 4) is 0 Å². The normalized spacial score (nSPS) is 14.5. The number of carbonyl (C=O) groups excluding carboxylic acids is 1. The molecule has 1 amide bonds. The van der Waals surface area contributed by atoms with Crippen molar-refractivity contribution in [3.63, 3.8) is 0 Å². The van der Waals surface area contributed by atoms with Crippen LogP contribution >= 0.6 is 0 Å². The van der Waals surface area contributed by atoms with Gasteiger partial charge in [-0.1, -0.05) is 12.1 Å². The Morgan fingerprint density at radius 2 is 1.59 bits per heavy atom. The molecule has 9 heteroatoms. The Balaban J connectivity index is 1.35. The van der Waals surface area contributed by atoms with Crippen molar-refractivity contribution >= 4 is 11.6 Å². The number of aryl methyl sites for hydroxylation is 1. The molecule has 0 N–H and O–H groups in total. The molecule has 0 aliphatic carbocycles. The van der Waals surface area contributed by atoms with Crippen LogP contribution in [0.3, 0.4) is 0 Å². The van der Waals surface area contributed by atoms with Crippen LogP contribution in [0, 0.1) is 24.0 Å². The van der Waals surface area contributed by atoms with Gasteiger partial charge in [0.25, 0.3) is 5.91 Å². The molecule has 3 heterocycles. The second-order valence-electron chi connectivity index (χ2n) is 8.05. The predicted molar refractivity (Wildman–Crippen MR) is 119 cm³/mol. The highest BCUT2D eigenvalue weighted by atomic mass is 16.6. The summed E-state index contributed by atoms with van der Waals surface area (Å²) in [5.74, 6) is 0.0295. The Bertz CT molecular complexity index is 1100. The number of nitro groups is 1. The Labute approximate surface area is 186 Å². The second kappa shape index (κ2) is 9.27. The highest BCUT2D eigenvalue weighted by Crippen LogP contribution is 2.22. The smallest absolute Gasteiger partial charge is 0.312 e. The number of carbonyl (C=O) groups is 1. The van der Waals surface area contributed by atoms with Crippen molar-refractivity contribution in [3.05, 3.63) is 87.0 Å². The summed E-state index contributed by atoms with van der Waals surface area (Å²) in [6.45, 7) is 7.69. The maximum Gasteiger partial charge on any atom is 0.312 e. The van der Waals surface area contributed by atoms with Crippen LogP contribution in [-0.4, -0.2) is 61.6 Å². The lowest BCUT2D eigenvalue weighted by atomic mass is 10.1. The molecule has 0 atom stereocenters. The van der Waals surface area contributed by atoms with Gasteiger partial charge >= 0.3 is 5.69 Å². The molecule has 0 bridgehead atoms. The standard InChI is InChI=1S/C23H26N6O3/c1-17-22(29(31)32)18(2)28(25-17)16-19-3-5-21(6-4-19)23(30)27-13-11-26(12-14-27)15-20-7-9-24-10-8-20/h3-10H,11-16H2,1-2H3. The van der Waals surface area contributed by atoms with Gasteiger partial charge in [-0.25, -0.2) is 0 Å². The number of hydrogen-bond donors (Lipinski definition) is 0. The molecule has 1 saturated heterocycles. The van der Waals surface area contributed by atoms with Crippen LogP contribution in [0.5, 0.6) is 0 Å². The third-order valence-electron chi connectivity index (χ3n) is 5.87. The van der Waals surface area contributed by atoms with Gasteiger partial charge < -0.3 is 4.90 Å². The van der Waals surface area contributed by atoms with E-state index in [4.69, 9.17) is 0 Å². The monoisotopic (exact) mass is 434 g/mol. The number of nitrogens with zero attached hydrogens (tertiary/aromatic N) is 6.